The number of halogens is 1. The first-order valence-corrected chi connectivity index (χ1v) is 7.78. The molecule has 1 saturated heterocycles. The van der Waals surface area contributed by atoms with Crippen LogP contribution in [0.4, 0.5) is 0 Å². The lowest BCUT2D eigenvalue weighted by Crippen LogP contribution is -2.47. The van der Waals surface area contributed by atoms with Gasteiger partial charge in [0.2, 0.25) is 0 Å². The zero-order valence-corrected chi connectivity index (χ0v) is 13.2. The van der Waals surface area contributed by atoms with Crippen LogP contribution in [0.1, 0.15) is 52.9 Å². The molecule has 1 aliphatic heterocycles. The highest BCUT2D eigenvalue weighted by Crippen LogP contribution is 2.42. The summed E-state index contributed by atoms with van der Waals surface area (Å²) >= 11 is 2.37. The van der Waals surface area contributed by atoms with E-state index in [-0.39, 0.29) is 5.79 Å². The lowest BCUT2D eigenvalue weighted by Gasteiger charge is -2.43. The molecule has 17 heavy (non-hydrogen) atoms. The first-order valence-electron chi connectivity index (χ1n) is 6.70. The Balaban J connectivity index is 2.05. The summed E-state index contributed by atoms with van der Waals surface area (Å²) in [4.78, 5) is 0. The highest BCUT2D eigenvalue weighted by Gasteiger charge is 2.44. The van der Waals surface area contributed by atoms with E-state index in [4.69, 9.17) is 9.47 Å². The van der Waals surface area contributed by atoms with Gasteiger partial charge in [-0.3, -0.25) is 0 Å². The average molecular weight is 350 g/mol. The van der Waals surface area contributed by atoms with Crippen molar-refractivity contribution < 1.29 is 9.47 Å². The van der Waals surface area contributed by atoms with Gasteiger partial charge in [-0.2, -0.15) is 0 Å². The second-order valence-corrected chi connectivity index (χ2v) is 7.25. The number of hydrogen-bond acceptors (Lipinski definition) is 2. The smallest absolute Gasteiger partial charge is 0.169 e. The maximum Gasteiger partial charge on any atom is 0.169 e. The molecule has 1 heterocycles. The first kappa shape index (κ1) is 13.8. The predicted molar refractivity (Wildman–Crippen MR) is 78.2 cm³/mol. The molecular formula is C14H23IO2. The largest absolute Gasteiger partial charge is 0.347 e. The van der Waals surface area contributed by atoms with Gasteiger partial charge in [0.25, 0.3) is 0 Å². The minimum atomic E-state index is -0.246. The summed E-state index contributed by atoms with van der Waals surface area (Å²) in [6.07, 6.45) is 8.62. The topological polar surface area (TPSA) is 18.5 Å². The van der Waals surface area contributed by atoms with Crippen LogP contribution in [0.15, 0.2) is 9.66 Å². The van der Waals surface area contributed by atoms with Gasteiger partial charge in [0.05, 0.1) is 12.2 Å². The Morgan fingerprint density at radius 3 is 2.59 bits per heavy atom. The zero-order chi connectivity index (χ0) is 12.5. The van der Waals surface area contributed by atoms with Gasteiger partial charge >= 0.3 is 0 Å². The van der Waals surface area contributed by atoms with E-state index in [9.17, 15) is 0 Å². The molecule has 2 fully saturated rings. The van der Waals surface area contributed by atoms with Gasteiger partial charge in [-0.15, -0.1) is 0 Å². The van der Waals surface area contributed by atoms with Crippen LogP contribution in [0.3, 0.4) is 0 Å². The van der Waals surface area contributed by atoms with Gasteiger partial charge in [0.15, 0.2) is 5.79 Å². The van der Waals surface area contributed by atoms with Crippen LogP contribution in [0.2, 0.25) is 0 Å². The Labute approximate surface area is 118 Å². The molecule has 2 aliphatic rings. The molecule has 1 spiro atoms. The summed E-state index contributed by atoms with van der Waals surface area (Å²) in [6.45, 7) is 6.58. The molecule has 2 nitrogen and oxygen atoms in total. The number of allylic oxidation sites excluding steroid dienone is 1. The highest BCUT2D eigenvalue weighted by molar-refractivity contribution is 14.1. The van der Waals surface area contributed by atoms with E-state index in [1.807, 2.05) is 0 Å². The third kappa shape index (κ3) is 3.44. The van der Waals surface area contributed by atoms with Crippen LogP contribution in [0.5, 0.6) is 0 Å². The fourth-order valence-corrected chi connectivity index (χ4v) is 3.60. The maximum absolute atomic E-state index is 6.30. The molecule has 0 radical (unpaired) electrons. The van der Waals surface area contributed by atoms with E-state index in [1.54, 1.807) is 0 Å². The number of hydrogen-bond donors (Lipinski definition) is 0. The van der Waals surface area contributed by atoms with Crippen molar-refractivity contribution in [1.82, 2.24) is 0 Å². The summed E-state index contributed by atoms with van der Waals surface area (Å²) < 4.78 is 13.7. The number of rotatable bonds is 2. The van der Waals surface area contributed by atoms with Crippen molar-refractivity contribution in [2.24, 2.45) is 5.92 Å². The Morgan fingerprint density at radius 1 is 1.35 bits per heavy atom. The molecule has 0 unspecified atom stereocenters. The summed E-state index contributed by atoms with van der Waals surface area (Å²) in [6, 6.07) is 0. The van der Waals surface area contributed by atoms with E-state index in [0.29, 0.717) is 18.1 Å². The van der Waals surface area contributed by atoms with Crippen molar-refractivity contribution in [1.29, 1.82) is 0 Å². The van der Waals surface area contributed by atoms with E-state index in [2.05, 4.69) is 49.4 Å². The summed E-state index contributed by atoms with van der Waals surface area (Å²) in [5.74, 6) is 0.236. The van der Waals surface area contributed by atoms with Crippen LogP contribution >= 0.6 is 22.6 Å². The van der Waals surface area contributed by atoms with Gasteiger partial charge in [-0.05, 0) is 52.9 Å². The predicted octanol–water partition coefficient (Wildman–Crippen LogP) is 4.43. The molecule has 3 atom stereocenters. The second kappa shape index (κ2) is 5.57. The molecule has 1 saturated carbocycles. The normalized spacial score (nSPS) is 35.2. The molecule has 98 valence electrons. The third-order valence-corrected chi connectivity index (χ3v) is 4.15. The molecule has 3 heteroatoms. The van der Waals surface area contributed by atoms with E-state index in [1.165, 1.54) is 16.4 Å². The summed E-state index contributed by atoms with van der Waals surface area (Å²) in [7, 11) is 0. The van der Waals surface area contributed by atoms with Crippen molar-refractivity contribution >= 4 is 22.6 Å². The van der Waals surface area contributed by atoms with E-state index < -0.39 is 0 Å². The Kier molecular flexibility index (Phi) is 4.53. The van der Waals surface area contributed by atoms with Crippen LogP contribution in [0, 0.1) is 5.92 Å². The van der Waals surface area contributed by atoms with Gasteiger partial charge in [0.1, 0.15) is 0 Å². The second-order valence-electron chi connectivity index (χ2n) is 5.55. The van der Waals surface area contributed by atoms with E-state index >= 15 is 0 Å². The quantitative estimate of drug-likeness (QED) is 0.686. The molecule has 0 N–H and O–H groups in total. The molecule has 0 aromatic heterocycles. The van der Waals surface area contributed by atoms with E-state index in [0.717, 1.165) is 19.3 Å². The van der Waals surface area contributed by atoms with Crippen molar-refractivity contribution in [3.8, 4) is 0 Å². The first-order chi connectivity index (χ1) is 8.01. The molecule has 0 bridgehead atoms. The monoisotopic (exact) mass is 350 g/mol. The third-order valence-electron chi connectivity index (χ3n) is 3.79. The molecular weight excluding hydrogens is 327 g/mol. The Hall–Kier alpha value is 0.390. The molecule has 0 aromatic rings. The van der Waals surface area contributed by atoms with Crippen LogP contribution in [-0.2, 0) is 9.47 Å². The fourth-order valence-electron chi connectivity index (χ4n) is 3.03. The Morgan fingerprint density at radius 2 is 2.00 bits per heavy atom. The van der Waals surface area contributed by atoms with Gasteiger partial charge in [0, 0.05) is 25.2 Å². The molecule has 0 amide bonds. The van der Waals surface area contributed by atoms with Gasteiger partial charge in [-0.1, -0.05) is 13.0 Å². The lowest BCUT2D eigenvalue weighted by atomic mass is 9.96. The van der Waals surface area contributed by atoms with Crippen LogP contribution < -0.4 is 0 Å². The van der Waals surface area contributed by atoms with Gasteiger partial charge in [-0.25, -0.2) is 0 Å². The maximum atomic E-state index is 6.30. The lowest BCUT2D eigenvalue weighted by molar-refractivity contribution is -0.316. The van der Waals surface area contributed by atoms with Crippen molar-refractivity contribution in [3.05, 3.63) is 9.66 Å². The van der Waals surface area contributed by atoms with Crippen LogP contribution in [-0.4, -0.2) is 18.0 Å². The molecule has 2 rings (SSSR count). The van der Waals surface area contributed by atoms with Crippen molar-refractivity contribution in [2.45, 2.75) is 70.9 Å². The highest BCUT2D eigenvalue weighted by atomic mass is 127. The van der Waals surface area contributed by atoms with Crippen molar-refractivity contribution in [2.75, 3.05) is 0 Å². The van der Waals surface area contributed by atoms with Crippen molar-refractivity contribution in [3.63, 3.8) is 0 Å². The Bertz CT molecular complexity index is 291. The van der Waals surface area contributed by atoms with Gasteiger partial charge < -0.3 is 9.47 Å². The average Bonchev–Trinajstić information content (AvgIpc) is 2.63. The zero-order valence-electron chi connectivity index (χ0n) is 11.0. The van der Waals surface area contributed by atoms with Crippen LogP contribution in [0.25, 0.3) is 0 Å². The summed E-state index contributed by atoms with van der Waals surface area (Å²) in [5.41, 5.74) is 0. The number of ether oxygens (including phenoxy) is 2. The SMILES string of the molecule is C/C(I)=C\[C@@H](C)[C@H]1C[C@@H](C)OC2(CCCC2)O1. The standard InChI is InChI=1S/C14H23IO2/c1-10(8-11(2)15)13-9-12(3)16-14(17-13)6-4-5-7-14/h8,10,12-13H,4-7,9H2,1-3H3/b11-8+/t10-,12-,13-/m1/s1. The minimum absolute atomic E-state index is 0.246. The molecule has 0 aromatic carbocycles. The minimum Gasteiger partial charge on any atom is -0.347 e. The molecule has 1 aliphatic carbocycles. The fraction of sp³-hybridized carbons (Fsp3) is 0.857. The summed E-state index contributed by atoms with van der Waals surface area (Å²) in [5, 5.41) is 0.